The highest BCUT2D eigenvalue weighted by Gasteiger charge is 2.08. The number of aryl methyl sites for hydroxylation is 1. The lowest BCUT2D eigenvalue weighted by Crippen LogP contribution is -2.13. The van der Waals surface area contributed by atoms with Gasteiger partial charge in [0, 0.05) is 24.9 Å². The van der Waals surface area contributed by atoms with Gasteiger partial charge >= 0.3 is 0 Å². The van der Waals surface area contributed by atoms with Crippen LogP contribution in [0, 0.1) is 6.92 Å². The van der Waals surface area contributed by atoms with E-state index in [-0.39, 0.29) is 5.91 Å². The van der Waals surface area contributed by atoms with Crippen molar-refractivity contribution in [2.45, 2.75) is 13.5 Å². The maximum atomic E-state index is 12.3. The third-order valence-electron chi connectivity index (χ3n) is 3.45. The van der Waals surface area contributed by atoms with Crippen molar-refractivity contribution in [1.82, 2.24) is 0 Å². The highest BCUT2D eigenvalue weighted by molar-refractivity contribution is 6.04. The fourth-order valence-electron chi connectivity index (χ4n) is 2.10. The van der Waals surface area contributed by atoms with Crippen LogP contribution in [0.25, 0.3) is 0 Å². The van der Waals surface area contributed by atoms with Crippen molar-refractivity contribution in [2.75, 3.05) is 25.6 Å². The summed E-state index contributed by atoms with van der Waals surface area (Å²) in [7, 11) is 1.63. The number of nitrogens with two attached hydrogens (primary N) is 1. The fourth-order valence-corrected chi connectivity index (χ4v) is 2.10. The van der Waals surface area contributed by atoms with Gasteiger partial charge in [0.1, 0.15) is 12.4 Å². The van der Waals surface area contributed by atoms with Gasteiger partial charge in [0.05, 0.1) is 6.61 Å². The molecule has 2 aromatic carbocycles. The molecule has 0 aromatic heterocycles. The SMILES string of the molecule is COCCOc1ccc(NC(=O)c2ccc(CN)cc2)c(C)c1. The van der Waals surface area contributed by atoms with E-state index in [2.05, 4.69) is 5.32 Å². The number of hydrogen-bond acceptors (Lipinski definition) is 4. The molecule has 0 aliphatic heterocycles. The summed E-state index contributed by atoms with van der Waals surface area (Å²) in [5, 5.41) is 2.91. The molecule has 122 valence electrons. The molecule has 0 spiro atoms. The molecule has 0 saturated heterocycles. The molecular formula is C18H22N2O3. The van der Waals surface area contributed by atoms with Crippen LogP contribution in [0.1, 0.15) is 21.5 Å². The van der Waals surface area contributed by atoms with Crippen molar-refractivity contribution >= 4 is 11.6 Å². The zero-order valence-corrected chi connectivity index (χ0v) is 13.5. The number of amides is 1. The maximum absolute atomic E-state index is 12.3. The minimum Gasteiger partial charge on any atom is -0.491 e. The summed E-state index contributed by atoms with van der Waals surface area (Å²) in [6.07, 6.45) is 0. The van der Waals surface area contributed by atoms with E-state index in [1.807, 2.05) is 37.3 Å². The lowest BCUT2D eigenvalue weighted by atomic mass is 10.1. The van der Waals surface area contributed by atoms with Crippen LogP contribution in [0.2, 0.25) is 0 Å². The number of benzene rings is 2. The summed E-state index contributed by atoms with van der Waals surface area (Å²) in [5.41, 5.74) is 8.85. The molecule has 0 heterocycles. The third kappa shape index (κ3) is 4.81. The van der Waals surface area contributed by atoms with E-state index in [1.54, 1.807) is 19.2 Å². The van der Waals surface area contributed by atoms with Gasteiger partial charge in [0.25, 0.3) is 5.91 Å². The summed E-state index contributed by atoms with van der Waals surface area (Å²) in [6, 6.07) is 12.8. The minimum absolute atomic E-state index is 0.148. The van der Waals surface area contributed by atoms with Gasteiger partial charge in [-0.2, -0.15) is 0 Å². The molecule has 0 radical (unpaired) electrons. The molecule has 0 aliphatic carbocycles. The van der Waals surface area contributed by atoms with Gasteiger partial charge in [-0.15, -0.1) is 0 Å². The number of ether oxygens (including phenoxy) is 2. The van der Waals surface area contributed by atoms with Gasteiger partial charge in [0.15, 0.2) is 0 Å². The molecule has 2 aromatic rings. The summed E-state index contributed by atoms with van der Waals surface area (Å²) >= 11 is 0. The first-order chi connectivity index (χ1) is 11.1. The van der Waals surface area contributed by atoms with Gasteiger partial charge in [-0.1, -0.05) is 12.1 Å². The van der Waals surface area contributed by atoms with E-state index in [4.69, 9.17) is 15.2 Å². The molecule has 1 amide bonds. The Hall–Kier alpha value is -2.37. The van der Waals surface area contributed by atoms with E-state index < -0.39 is 0 Å². The number of hydrogen-bond donors (Lipinski definition) is 2. The second-order valence-corrected chi connectivity index (χ2v) is 5.17. The highest BCUT2D eigenvalue weighted by Crippen LogP contribution is 2.22. The summed E-state index contributed by atoms with van der Waals surface area (Å²) in [5.74, 6) is 0.606. The first kappa shape index (κ1) is 17.0. The van der Waals surface area contributed by atoms with E-state index in [9.17, 15) is 4.79 Å². The number of methoxy groups -OCH3 is 1. The van der Waals surface area contributed by atoms with Crippen molar-refractivity contribution in [3.8, 4) is 5.75 Å². The predicted octanol–water partition coefficient (Wildman–Crippen LogP) is 2.73. The van der Waals surface area contributed by atoms with Gasteiger partial charge in [-0.3, -0.25) is 4.79 Å². The van der Waals surface area contributed by atoms with E-state index in [1.165, 1.54) is 0 Å². The second kappa shape index (κ2) is 8.31. The first-order valence-electron chi connectivity index (χ1n) is 7.47. The third-order valence-corrected chi connectivity index (χ3v) is 3.45. The Bertz CT molecular complexity index is 654. The van der Waals surface area contributed by atoms with Crippen molar-refractivity contribution in [3.63, 3.8) is 0 Å². The van der Waals surface area contributed by atoms with E-state index in [0.29, 0.717) is 25.3 Å². The molecule has 2 rings (SSSR count). The molecule has 5 heteroatoms. The van der Waals surface area contributed by atoms with E-state index in [0.717, 1.165) is 22.6 Å². The molecular weight excluding hydrogens is 292 g/mol. The van der Waals surface area contributed by atoms with Gasteiger partial charge in [-0.25, -0.2) is 0 Å². The lowest BCUT2D eigenvalue weighted by molar-refractivity contribution is 0.102. The van der Waals surface area contributed by atoms with Crippen LogP contribution in [0.5, 0.6) is 5.75 Å². The number of rotatable bonds is 7. The van der Waals surface area contributed by atoms with Crippen molar-refractivity contribution in [1.29, 1.82) is 0 Å². The number of anilines is 1. The number of nitrogens with one attached hydrogen (secondary N) is 1. The van der Waals surface area contributed by atoms with Crippen LogP contribution in [-0.4, -0.2) is 26.2 Å². The van der Waals surface area contributed by atoms with Gasteiger partial charge < -0.3 is 20.5 Å². The Morgan fingerprint density at radius 1 is 1.13 bits per heavy atom. The van der Waals surface area contributed by atoms with Crippen LogP contribution < -0.4 is 15.8 Å². The standard InChI is InChI=1S/C18H22N2O3/c1-13-11-16(23-10-9-22-2)7-8-17(13)20-18(21)15-5-3-14(12-19)4-6-15/h3-8,11H,9-10,12,19H2,1-2H3,(H,20,21). The quantitative estimate of drug-likeness (QED) is 0.771. The Morgan fingerprint density at radius 2 is 1.87 bits per heavy atom. The Kier molecular flexibility index (Phi) is 6.14. The number of carbonyl (C=O) groups excluding carboxylic acids is 1. The molecule has 0 atom stereocenters. The summed E-state index contributed by atoms with van der Waals surface area (Å²) in [6.45, 7) is 3.42. The Balaban J connectivity index is 2.02. The Morgan fingerprint density at radius 3 is 2.48 bits per heavy atom. The van der Waals surface area contributed by atoms with Crippen LogP contribution in [0.3, 0.4) is 0 Å². The van der Waals surface area contributed by atoms with Crippen LogP contribution >= 0.6 is 0 Å². The maximum Gasteiger partial charge on any atom is 0.255 e. The summed E-state index contributed by atoms with van der Waals surface area (Å²) < 4.78 is 10.5. The second-order valence-electron chi connectivity index (χ2n) is 5.17. The number of carbonyl (C=O) groups is 1. The molecule has 0 saturated carbocycles. The molecule has 0 fully saturated rings. The molecule has 0 aliphatic rings. The average molecular weight is 314 g/mol. The van der Waals surface area contributed by atoms with Crippen molar-refractivity contribution in [2.24, 2.45) is 5.73 Å². The smallest absolute Gasteiger partial charge is 0.255 e. The van der Waals surface area contributed by atoms with Crippen LogP contribution in [0.15, 0.2) is 42.5 Å². The predicted molar refractivity (Wildman–Crippen MR) is 90.8 cm³/mol. The Labute approximate surface area is 136 Å². The van der Waals surface area contributed by atoms with Crippen molar-refractivity contribution in [3.05, 3.63) is 59.2 Å². The highest BCUT2D eigenvalue weighted by atomic mass is 16.5. The zero-order valence-electron chi connectivity index (χ0n) is 13.5. The molecule has 0 bridgehead atoms. The topological polar surface area (TPSA) is 73.6 Å². The molecule has 23 heavy (non-hydrogen) atoms. The lowest BCUT2D eigenvalue weighted by Gasteiger charge is -2.11. The molecule has 5 nitrogen and oxygen atoms in total. The normalized spacial score (nSPS) is 10.4. The van der Waals surface area contributed by atoms with Crippen LogP contribution in [0.4, 0.5) is 5.69 Å². The first-order valence-corrected chi connectivity index (χ1v) is 7.47. The van der Waals surface area contributed by atoms with Crippen molar-refractivity contribution < 1.29 is 14.3 Å². The largest absolute Gasteiger partial charge is 0.491 e. The molecule has 0 unspecified atom stereocenters. The minimum atomic E-state index is -0.148. The molecule has 3 N–H and O–H groups in total. The monoisotopic (exact) mass is 314 g/mol. The summed E-state index contributed by atoms with van der Waals surface area (Å²) in [4.78, 5) is 12.3. The van der Waals surface area contributed by atoms with Crippen LogP contribution in [-0.2, 0) is 11.3 Å². The van der Waals surface area contributed by atoms with Gasteiger partial charge in [-0.05, 0) is 48.4 Å². The van der Waals surface area contributed by atoms with E-state index >= 15 is 0 Å². The fraction of sp³-hybridized carbons (Fsp3) is 0.278. The average Bonchev–Trinajstić information content (AvgIpc) is 2.57. The van der Waals surface area contributed by atoms with Gasteiger partial charge in [0.2, 0.25) is 0 Å². The zero-order chi connectivity index (χ0) is 16.7.